The Labute approximate surface area is 148 Å². The molecule has 6 heteroatoms. The molecule has 2 aromatic rings. The van der Waals surface area contributed by atoms with Crippen LogP contribution in [0.2, 0.25) is 0 Å². The number of carbonyl (C=O) groups excluding carboxylic acids is 1. The van der Waals surface area contributed by atoms with Gasteiger partial charge in [0.25, 0.3) is 5.91 Å². The van der Waals surface area contributed by atoms with Gasteiger partial charge in [-0.05, 0) is 39.0 Å². The van der Waals surface area contributed by atoms with E-state index in [2.05, 4.69) is 9.47 Å². The molecule has 0 saturated carbocycles. The summed E-state index contributed by atoms with van der Waals surface area (Å²) in [6.45, 7) is 10.1. The molecule has 0 radical (unpaired) electrons. The van der Waals surface area contributed by atoms with Crippen molar-refractivity contribution < 1.29 is 14.3 Å². The van der Waals surface area contributed by atoms with Crippen LogP contribution >= 0.6 is 0 Å². The Balaban J connectivity index is 1.69. The van der Waals surface area contributed by atoms with Gasteiger partial charge in [0.15, 0.2) is 0 Å². The molecule has 6 nitrogen and oxygen atoms in total. The highest BCUT2D eigenvalue weighted by Crippen LogP contribution is 2.20. The van der Waals surface area contributed by atoms with E-state index in [-0.39, 0.29) is 12.0 Å². The van der Waals surface area contributed by atoms with Crippen LogP contribution in [0.4, 0.5) is 0 Å². The fraction of sp³-hybridized carbons (Fsp3) is 0.526. The van der Waals surface area contributed by atoms with Crippen LogP contribution in [-0.2, 0) is 6.54 Å². The lowest BCUT2D eigenvalue weighted by Crippen LogP contribution is -2.50. The molecule has 1 saturated heterocycles. The standard InChI is InChI=1S/C19H27N3O3/c1-14-11-18(16(3)22(14)13-17-5-4-10-25-17)19(24)21-8-6-20(7-9-21)12-15(2)23/h4-5,10-11,15,23H,6-9,12-13H2,1-3H3. The number of β-amino-alcohol motifs (C(OH)–C–C–N with tert-alkyl or cyclic N) is 1. The molecular formula is C19H27N3O3. The van der Waals surface area contributed by atoms with Crippen LogP contribution in [0.1, 0.15) is 34.4 Å². The molecule has 0 bridgehead atoms. The second-order valence-corrected chi connectivity index (χ2v) is 6.89. The van der Waals surface area contributed by atoms with E-state index < -0.39 is 0 Å². The minimum absolute atomic E-state index is 0.0930. The normalized spacial score (nSPS) is 17.0. The molecule has 3 heterocycles. The third kappa shape index (κ3) is 3.96. The molecule has 1 atom stereocenters. The summed E-state index contributed by atoms with van der Waals surface area (Å²) in [5, 5.41) is 9.50. The molecule has 1 N–H and O–H groups in total. The van der Waals surface area contributed by atoms with Crippen LogP contribution in [0.25, 0.3) is 0 Å². The van der Waals surface area contributed by atoms with E-state index in [0.717, 1.165) is 35.8 Å². The second-order valence-electron chi connectivity index (χ2n) is 6.89. The summed E-state index contributed by atoms with van der Waals surface area (Å²) in [7, 11) is 0. The molecule has 0 aliphatic carbocycles. The zero-order valence-electron chi connectivity index (χ0n) is 15.2. The molecular weight excluding hydrogens is 318 g/mol. The lowest BCUT2D eigenvalue weighted by Gasteiger charge is -2.35. The third-order valence-corrected chi connectivity index (χ3v) is 4.88. The van der Waals surface area contributed by atoms with Crippen molar-refractivity contribution in [2.75, 3.05) is 32.7 Å². The number of nitrogens with zero attached hydrogens (tertiary/aromatic N) is 3. The third-order valence-electron chi connectivity index (χ3n) is 4.88. The van der Waals surface area contributed by atoms with E-state index in [1.165, 1.54) is 0 Å². The van der Waals surface area contributed by atoms with Crippen molar-refractivity contribution in [1.82, 2.24) is 14.4 Å². The van der Waals surface area contributed by atoms with Gasteiger partial charge in [-0.2, -0.15) is 0 Å². The van der Waals surface area contributed by atoms with E-state index in [1.807, 2.05) is 36.9 Å². The Morgan fingerprint density at radius 3 is 2.60 bits per heavy atom. The number of piperazine rings is 1. The van der Waals surface area contributed by atoms with Crippen LogP contribution in [0, 0.1) is 13.8 Å². The van der Waals surface area contributed by atoms with Crippen molar-refractivity contribution >= 4 is 5.91 Å². The zero-order chi connectivity index (χ0) is 18.0. The molecule has 1 aliphatic rings. The highest BCUT2D eigenvalue weighted by Gasteiger charge is 2.25. The molecule has 1 amide bonds. The molecule has 3 rings (SSSR count). The predicted octanol–water partition coefficient (Wildman–Crippen LogP) is 1.88. The minimum Gasteiger partial charge on any atom is -0.467 e. The lowest BCUT2D eigenvalue weighted by atomic mass is 10.2. The topological polar surface area (TPSA) is 61.9 Å². The van der Waals surface area contributed by atoms with Crippen LogP contribution in [0.15, 0.2) is 28.9 Å². The summed E-state index contributed by atoms with van der Waals surface area (Å²) in [6.07, 6.45) is 1.34. The van der Waals surface area contributed by atoms with E-state index in [0.29, 0.717) is 26.2 Å². The van der Waals surface area contributed by atoms with Crippen molar-refractivity contribution in [1.29, 1.82) is 0 Å². The number of hydrogen-bond donors (Lipinski definition) is 1. The summed E-state index contributed by atoms with van der Waals surface area (Å²) < 4.78 is 7.56. The summed E-state index contributed by atoms with van der Waals surface area (Å²) in [5.41, 5.74) is 2.81. The van der Waals surface area contributed by atoms with Crippen LogP contribution < -0.4 is 0 Å². The Morgan fingerprint density at radius 1 is 1.28 bits per heavy atom. The summed E-state index contributed by atoms with van der Waals surface area (Å²) >= 11 is 0. The Bertz CT molecular complexity index is 711. The molecule has 2 aromatic heterocycles. The number of rotatable bonds is 5. The molecule has 0 spiro atoms. The number of carbonyl (C=O) groups is 1. The summed E-state index contributed by atoms with van der Waals surface area (Å²) in [6, 6.07) is 5.80. The number of aryl methyl sites for hydroxylation is 1. The van der Waals surface area contributed by atoms with Crippen molar-refractivity contribution in [2.24, 2.45) is 0 Å². The Kier molecular flexibility index (Phi) is 5.30. The fourth-order valence-corrected chi connectivity index (χ4v) is 3.50. The Morgan fingerprint density at radius 2 is 2.00 bits per heavy atom. The van der Waals surface area contributed by atoms with Crippen LogP contribution in [0.3, 0.4) is 0 Å². The number of furan rings is 1. The highest BCUT2D eigenvalue weighted by molar-refractivity contribution is 5.95. The van der Waals surface area contributed by atoms with Crippen molar-refractivity contribution in [2.45, 2.75) is 33.4 Å². The number of hydrogen-bond acceptors (Lipinski definition) is 4. The van der Waals surface area contributed by atoms with Gasteiger partial charge in [0.2, 0.25) is 0 Å². The first-order valence-electron chi connectivity index (χ1n) is 8.84. The molecule has 1 fully saturated rings. The second kappa shape index (κ2) is 7.45. The highest BCUT2D eigenvalue weighted by atomic mass is 16.3. The SMILES string of the molecule is Cc1cc(C(=O)N2CCN(CC(C)O)CC2)c(C)n1Cc1ccco1. The van der Waals surface area contributed by atoms with Gasteiger partial charge >= 0.3 is 0 Å². The van der Waals surface area contributed by atoms with Gasteiger partial charge in [0.1, 0.15) is 5.76 Å². The average Bonchev–Trinajstić information content (AvgIpc) is 3.18. The lowest BCUT2D eigenvalue weighted by molar-refractivity contribution is 0.0553. The van der Waals surface area contributed by atoms with Gasteiger partial charge in [-0.3, -0.25) is 9.69 Å². The summed E-state index contributed by atoms with van der Waals surface area (Å²) in [5.74, 6) is 0.975. The maximum absolute atomic E-state index is 12.9. The molecule has 136 valence electrons. The summed E-state index contributed by atoms with van der Waals surface area (Å²) in [4.78, 5) is 17.1. The first-order chi connectivity index (χ1) is 12.0. The molecule has 25 heavy (non-hydrogen) atoms. The van der Waals surface area contributed by atoms with Gasteiger partial charge in [-0.25, -0.2) is 0 Å². The Hall–Kier alpha value is -2.05. The largest absolute Gasteiger partial charge is 0.467 e. The monoisotopic (exact) mass is 345 g/mol. The van der Waals surface area contributed by atoms with Gasteiger partial charge in [-0.1, -0.05) is 0 Å². The number of aromatic nitrogens is 1. The molecule has 0 aromatic carbocycles. The van der Waals surface area contributed by atoms with Crippen LogP contribution in [0.5, 0.6) is 0 Å². The van der Waals surface area contributed by atoms with Gasteiger partial charge in [0, 0.05) is 44.1 Å². The van der Waals surface area contributed by atoms with Crippen molar-refractivity contribution in [3.8, 4) is 0 Å². The van der Waals surface area contributed by atoms with E-state index >= 15 is 0 Å². The van der Waals surface area contributed by atoms with Gasteiger partial charge in [-0.15, -0.1) is 0 Å². The number of aliphatic hydroxyl groups is 1. The number of aliphatic hydroxyl groups excluding tert-OH is 1. The van der Waals surface area contributed by atoms with Crippen molar-refractivity contribution in [3.05, 3.63) is 47.2 Å². The molecule has 1 unspecified atom stereocenters. The van der Waals surface area contributed by atoms with E-state index in [1.54, 1.807) is 13.2 Å². The average molecular weight is 345 g/mol. The smallest absolute Gasteiger partial charge is 0.255 e. The zero-order valence-corrected chi connectivity index (χ0v) is 15.2. The molecule has 1 aliphatic heterocycles. The predicted molar refractivity (Wildman–Crippen MR) is 95.7 cm³/mol. The van der Waals surface area contributed by atoms with E-state index in [4.69, 9.17) is 4.42 Å². The van der Waals surface area contributed by atoms with Gasteiger partial charge < -0.3 is 19.0 Å². The van der Waals surface area contributed by atoms with E-state index in [9.17, 15) is 9.90 Å². The van der Waals surface area contributed by atoms with Gasteiger partial charge in [0.05, 0.1) is 24.5 Å². The maximum Gasteiger partial charge on any atom is 0.255 e. The minimum atomic E-state index is -0.331. The van der Waals surface area contributed by atoms with Crippen molar-refractivity contribution in [3.63, 3.8) is 0 Å². The first-order valence-corrected chi connectivity index (χ1v) is 8.84. The quantitative estimate of drug-likeness (QED) is 0.899. The van der Waals surface area contributed by atoms with Crippen LogP contribution in [-0.4, -0.2) is 64.2 Å². The maximum atomic E-state index is 12.9. The first kappa shape index (κ1) is 17.8. The fourth-order valence-electron chi connectivity index (χ4n) is 3.50. The number of amides is 1.